The first-order valence-corrected chi connectivity index (χ1v) is 18.0. The molecule has 2 nitrogen and oxygen atoms in total. The Kier molecular flexibility index (Phi) is 6.34. The standard InChI is InChI=1S/C47H40N2/c1-47(2)42-18-10-11-19-45(42)49-44-25-24-39(30-40(44)41-28-36(29-43(47)46(41)49)31-12-4-3-5-13-31)48(37-22-20-32-14-6-8-16-34(32)26-37)38-23-21-33-15-7-9-17-35(33)27-38/h4,6-8,10,12-16,18,20-30H,3,5,9,11,17,19H2,1-2H3. The number of hydrogen-bond donors (Lipinski definition) is 0. The summed E-state index contributed by atoms with van der Waals surface area (Å²) in [5, 5.41) is 5.19. The third kappa shape index (κ3) is 4.40. The lowest BCUT2D eigenvalue weighted by atomic mass is 9.71. The van der Waals surface area contributed by atoms with E-state index in [1.165, 1.54) is 88.7 Å². The lowest BCUT2D eigenvalue weighted by Gasteiger charge is -2.37. The van der Waals surface area contributed by atoms with Gasteiger partial charge in [-0.05, 0) is 137 Å². The van der Waals surface area contributed by atoms with E-state index in [1.807, 2.05) is 0 Å². The molecule has 0 unspecified atom stereocenters. The smallest absolute Gasteiger partial charge is 0.0579 e. The van der Waals surface area contributed by atoms with Crippen LogP contribution in [-0.2, 0) is 11.8 Å². The van der Waals surface area contributed by atoms with E-state index in [2.05, 4.69) is 157 Å². The monoisotopic (exact) mass is 632 g/mol. The van der Waals surface area contributed by atoms with E-state index in [0.717, 1.165) is 38.5 Å². The van der Waals surface area contributed by atoms with Crippen LogP contribution in [0, 0.1) is 0 Å². The van der Waals surface area contributed by atoms with Crippen molar-refractivity contribution in [2.45, 2.75) is 57.8 Å². The highest BCUT2D eigenvalue weighted by molar-refractivity contribution is 6.15. The first-order chi connectivity index (χ1) is 24.0. The van der Waals surface area contributed by atoms with Crippen molar-refractivity contribution in [1.29, 1.82) is 0 Å². The Balaban J connectivity index is 1.25. The Morgan fingerprint density at radius 2 is 1.41 bits per heavy atom. The summed E-state index contributed by atoms with van der Waals surface area (Å²) < 4.78 is 2.62. The molecule has 3 aliphatic carbocycles. The van der Waals surface area contributed by atoms with Crippen molar-refractivity contribution in [3.63, 3.8) is 0 Å². The van der Waals surface area contributed by atoms with Crippen LogP contribution in [-0.4, -0.2) is 4.57 Å². The van der Waals surface area contributed by atoms with Gasteiger partial charge in [0, 0.05) is 38.9 Å². The van der Waals surface area contributed by atoms with Gasteiger partial charge >= 0.3 is 0 Å². The molecule has 0 spiro atoms. The molecule has 1 aliphatic heterocycles. The van der Waals surface area contributed by atoms with Gasteiger partial charge in [0.05, 0.1) is 11.0 Å². The van der Waals surface area contributed by atoms with E-state index in [1.54, 1.807) is 0 Å². The van der Waals surface area contributed by atoms with Crippen molar-refractivity contribution >= 4 is 67.0 Å². The SMILES string of the molecule is CC1(C)C2=C(CCC=C2)n2c3ccc(N(c4ccc5c(c4)CCC=C5)c4ccc5ccccc5c4)cc3c3cc(C4=CCCC=C4)cc1c32. The van der Waals surface area contributed by atoms with Gasteiger partial charge < -0.3 is 9.47 Å². The van der Waals surface area contributed by atoms with Crippen LogP contribution in [0.15, 0.2) is 133 Å². The van der Waals surface area contributed by atoms with Crippen molar-refractivity contribution in [2.75, 3.05) is 4.90 Å². The molecule has 0 fully saturated rings. The van der Waals surface area contributed by atoms with Gasteiger partial charge in [-0.3, -0.25) is 0 Å². The predicted molar refractivity (Wildman–Crippen MR) is 210 cm³/mol. The number of hydrogen-bond acceptors (Lipinski definition) is 1. The van der Waals surface area contributed by atoms with Gasteiger partial charge in [-0.2, -0.15) is 0 Å². The van der Waals surface area contributed by atoms with E-state index < -0.39 is 0 Å². The lowest BCUT2D eigenvalue weighted by molar-refractivity contribution is 0.623. The number of rotatable bonds is 4. The van der Waals surface area contributed by atoms with Crippen molar-refractivity contribution in [3.8, 4) is 0 Å². The van der Waals surface area contributed by atoms with Gasteiger partial charge in [0.2, 0.25) is 0 Å². The van der Waals surface area contributed by atoms with Crippen molar-refractivity contribution in [3.05, 3.63) is 155 Å². The number of benzene rings is 5. The number of aryl methyl sites for hydroxylation is 1. The molecule has 0 saturated heterocycles. The molecule has 0 bridgehead atoms. The van der Waals surface area contributed by atoms with Gasteiger partial charge in [0.15, 0.2) is 0 Å². The number of allylic oxidation sites excluding steroid dienone is 9. The van der Waals surface area contributed by atoms with E-state index >= 15 is 0 Å². The molecule has 2 heteroatoms. The second-order valence-electron chi connectivity index (χ2n) is 14.7. The fraction of sp³-hybridized carbons (Fsp3) is 0.191. The van der Waals surface area contributed by atoms with Crippen LogP contribution >= 0.6 is 0 Å². The highest BCUT2D eigenvalue weighted by Crippen LogP contribution is 2.51. The Morgan fingerprint density at radius 1 is 0.633 bits per heavy atom. The normalized spacial score (nSPS) is 17.5. The van der Waals surface area contributed by atoms with Crippen LogP contribution in [0.4, 0.5) is 17.1 Å². The average molecular weight is 633 g/mol. The number of aromatic nitrogens is 1. The molecular weight excluding hydrogens is 593 g/mol. The van der Waals surface area contributed by atoms with Crippen LogP contribution in [0.3, 0.4) is 0 Å². The second-order valence-corrected chi connectivity index (χ2v) is 14.7. The zero-order valence-electron chi connectivity index (χ0n) is 28.3. The predicted octanol–water partition coefficient (Wildman–Crippen LogP) is 13.0. The van der Waals surface area contributed by atoms with Crippen molar-refractivity contribution < 1.29 is 0 Å². The third-order valence-electron chi connectivity index (χ3n) is 11.4. The molecule has 10 rings (SSSR count). The summed E-state index contributed by atoms with van der Waals surface area (Å²) in [6, 6.07) is 34.8. The molecule has 4 aliphatic rings. The van der Waals surface area contributed by atoms with Crippen molar-refractivity contribution in [2.24, 2.45) is 0 Å². The van der Waals surface area contributed by atoms with Gasteiger partial charge in [-0.25, -0.2) is 0 Å². The van der Waals surface area contributed by atoms with E-state index in [9.17, 15) is 0 Å². The summed E-state index contributed by atoms with van der Waals surface area (Å²) in [5.41, 5.74) is 16.0. The minimum atomic E-state index is -0.0820. The zero-order chi connectivity index (χ0) is 32.7. The fourth-order valence-electron chi connectivity index (χ4n) is 8.95. The Bertz CT molecular complexity index is 2530. The molecule has 1 aromatic heterocycles. The topological polar surface area (TPSA) is 8.17 Å². The molecule has 2 heterocycles. The third-order valence-corrected chi connectivity index (χ3v) is 11.4. The maximum atomic E-state index is 2.62. The number of anilines is 3. The summed E-state index contributed by atoms with van der Waals surface area (Å²) in [4.78, 5) is 2.47. The van der Waals surface area contributed by atoms with Gasteiger partial charge in [0.1, 0.15) is 0 Å². The molecule has 0 amide bonds. The van der Waals surface area contributed by atoms with Gasteiger partial charge in [0.25, 0.3) is 0 Å². The van der Waals surface area contributed by atoms with E-state index in [4.69, 9.17) is 0 Å². The molecule has 0 radical (unpaired) electrons. The lowest BCUT2D eigenvalue weighted by Crippen LogP contribution is -2.28. The molecular formula is C47H40N2. The molecule has 5 aromatic carbocycles. The second kappa shape index (κ2) is 10.8. The fourth-order valence-corrected chi connectivity index (χ4v) is 8.95. The molecule has 0 atom stereocenters. The minimum absolute atomic E-state index is 0.0820. The highest BCUT2D eigenvalue weighted by atomic mass is 15.1. The summed E-state index contributed by atoms with van der Waals surface area (Å²) >= 11 is 0. The van der Waals surface area contributed by atoms with Crippen LogP contribution in [0.5, 0.6) is 0 Å². The molecule has 49 heavy (non-hydrogen) atoms. The summed E-state index contributed by atoms with van der Waals surface area (Å²) in [6.45, 7) is 4.86. The van der Waals surface area contributed by atoms with Crippen LogP contribution in [0.25, 0.3) is 49.9 Å². The largest absolute Gasteiger partial charge is 0.312 e. The maximum absolute atomic E-state index is 2.62. The van der Waals surface area contributed by atoms with Crippen molar-refractivity contribution in [1.82, 2.24) is 4.57 Å². The number of fused-ring (bicyclic) bond motifs is 6. The molecule has 6 aromatic rings. The quantitative estimate of drug-likeness (QED) is 0.188. The van der Waals surface area contributed by atoms with E-state index in [0.29, 0.717) is 0 Å². The zero-order valence-corrected chi connectivity index (χ0v) is 28.3. The van der Waals surface area contributed by atoms with Crippen LogP contribution < -0.4 is 4.90 Å². The number of nitrogens with zero attached hydrogens (tertiary/aromatic N) is 2. The summed E-state index contributed by atoms with van der Waals surface area (Å²) in [5.74, 6) is 0. The van der Waals surface area contributed by atoms with Gasteiger partial charge in [-0.15, -0.1) is 0 Å². The Labute approximate surface area is 288 Å². The Morgan fingerprint density at radius 3 is 2.31 bits per heavy atom. The van der Waals surface area contributed by atoms with Crippen LogP contribution in [0.1, 0.15) is 68.2 Å². The maximum Gasteiger partial charge on any atom is 0.0579 e. The molecule has 0 saturated carbocycles. The average Bonchev–Trinajstić information content (AvgIpc) is 3.48. The van der Waals surface area contributed by atoms with Crippen LogP contribution in [0.2, 0.25) is 0 Å². The summed E-state index contributed by atoms with van der Waals surface area (Å²) in [7, 11) is 0. The Hall–Kier alpha value is -5.34. The van der Waals surface area contributed by atoms with E-state index in [-0.39, 0.29) is 5.41 Å². The molecule has 0 N–H and O–H groups in total. The first-order valence-electron chi connectivity index (χ1n) is 18.0. The van der Waals surface area contributed by atoms with Gasteiger partial charge in [-0.1, -0.05) is 92.8 Å². The first kappa shape index (κ1) is 28.7. The molecule has 238 valence electrons. The summed E-state index contributed by atoms with van der Waals surface area (Å²) in [6.07, 6.45) is 23.0. The highest BCUT2D eigenvalue weighted by Gasteiger charge is 2.37. The minimum Gasteiger partial charge on any atom is -0.312 e.